The van der Waals surface area contributed by atoms with E-state index in [1.54, 1.807) is 6.07 Å². The number of benzene rings is 1. The Balaban J connectivity index is 2.46. The van der Waals surface area contributed by atoms with Crippen LogP contribution < -0.4 is 11.3 Å². The first kappa shape index (κ1) is 15.1. The Morgan fingerprint density at radius 2 is 2.22 bits per heavy atom. The van der Waals surface area contributed by atoms with Crippen LogP contribution in [0.3, 0.4) is 0 Å². The first-order chi connectivity index (χ1) is 8.67. The maximum atomic E-state index is 13.0. The predicted octanol–water partition coefficient (Wildman–Crippen LogP) is 2.33. The number of hydrazine groups is 1. The number of nitrogens with two attached hydrogens (primary N) is 1. The van der Waals surface area contributed by atoms with Crippen molar-refractivity contribution in [1.29, 1.82) is 0 Å². The largest absolute Gasteiger partial charge is 0.382 e. The summed E-state index contributed by atoms with van der Waals surface area (Å²) in [4.78, 5) is 0. The average molecular weight is 254 g/mol. The molecule has 0 saturated carbocycles. The van der Waals surface area contributed by atoms with Gasteiger partial charge in [-0.3, -0.25) is 11.3 Å². The fraction of sp³-hybridized carbons (Fsp3) is 0.571. The Morgan fingerprint density at radius 1 is 1.44 bits per heavy atom. The van der Waals surface area contributed by atoms with Crippen LogP contribution in [-0.4, -0.2) is 19.3 Å². The Bertz CT molecular complexity index is 358. The van der Waals surface area contributed by atoms with Crippen molar-refractivity contribution >= 4 is 0 Å². The summed E-state index contributed by atoms with van der Waals surface area (Å²) < 4.78 is 18.3. The first-order valence-electron chi connectivity index (χ1n) is 6.46. The predicted molar refractivity (Wildman–Crippen MR) is 71.7 cm³/mol. The fourth-order valence-corrected chi connectivity index (χ4v) is 1.97. The van der Waals surface area contributed by atoms with E-state index in [2.05, 4.69) is 5.43 Å². The van der Waals surface area contributed by atoms with Gasteiger partial charge in [-0.25, -0.2) is 4.39 Å². The third-order valence-electron chi connectivity index (χ3n) is 3.05. The maximum absolute atomic E-state index is 13.0. The van der Waals surface area contributed by atoms with Crippen molar-refractivity contribution in [3.63, 3.8) is 0 Å². The molecule has 1 unspecified atom stereocenters. The van der Waals surface area contributed by atoms with Crippen LogP contribution in [-0.2, 0) is 11.2 Å². The molecule has 0 saturated heterocycles. The highest BCUT2D eigenvalue weighted by Crippen LogP contribution is 2.14. The Labute approximate surface area is 108 Å². The molecule has 0 aliphatic rings. The van der Waals surface area contributed by atoms with Crippen LogP contribution in [0.15, 0.2) is 18.2 Å². The molecule has 1 rings (SSSR count). The van der Waals surface area contributed by atoms with Gasteiger partial charge in [-0.05, 0) is 56.4 Å². The van der Waals surface area contributed by atoms with Crippen LogP contribution >= 0.6 is 0 Å². The smallest absolute Gasteiger partial charge is 0.123 e. The first-order valence-corrected chi connectivity index (χ1v) is 6.46. The minimum absolute atomic E-state index is 0.190. The van der Waals surface area contributed by atoms with E-state index < -0.39 is 0 Å². The molecule has 18 heavy (non-hydrogen) atoms. The number of rotatable bonds is 8. The van der Waals surface area contributed by atoms with E-state index in [-0.39, 0.29) is 11.9 Å². The van der Waals surface area contributed by atoms with E-state index in [0.29, 0.717) is 0 Å². The van der Waals surface area contributed by atoms with Gasteiger partial charge >= 0.3 is 0 Å². The molecule has 0 heterocycles. The molecular formula is C14H23FN2O. The third-order valence-corrected chi connectivity index (χ3v) is 3.05. The standard InChI is InChI=1S/C14H23FN2O/c1-3-18-8-4-5-14(17-16)10-12-6-7-13(15)9-11(12)2/h6-7,9,14,17H,3-5,8,10,16H2,1-2H3. The third kappa shape index (κ3) is 5.12. The molecule has 1 aromatic rings. The van der Waals surface area contributed by atoms with Gasteiger partial charge in [-0.1, -0.05) is 6.07 Å². The number of hydrogen-bond donors (Lipinski definition) is 2. The van der Waals surface area contributed by atoms with Crippen molar-refractivity contribution in [2.45, 2.75) is 39.2 Å². The lowest BCUT2D eigenvalue weighted by Gasteiger charge is -2.17. The van der Waals surface area contributed by atoms with E-state index in [0.717, 1.165) is 43.6 Å². The van der Waals surface area contributed by atoms with Gasteiger partial charge in [0, 0.05) is 19.3 Å². The second-order valence-electron chi connectivity index (χ2n) is 4.48. The van der Waals surface area contributed by atoms with Crippen LogP contribution in [0.25, 0.3) is 0 Å². The zero-order chi connectivity index (χ0) is 13.4. The molecule has 0 aliphatic heterocycles. The minimum Gasteiger partial charge on any atom is -0.382 e. The van der Waals surface area contributed by atoms with Gasteiger partial charge in [0.05, 0.1) is 0 Å². The second kappa shape index (κ2) is 8.19. The number of hydrogen-bond acceptors (Lipinski definition) is 3. The zero-order valence-electron chi connectivity index (χ0n) is 11.2. The summed E-state index contributed by atoms with van der Waals surface area (Å²) in [5.74, 6) is 5.36. The fourth-order valence-electron chi connectivity index (χ4n) is 1.97. The summed E-state index contributed by atoms with van der Waals surface area (Å²) in [6.07, 6.45) is 2.74. The molecule has 0 aromatic heterocycles. The Kier molecular flexibility index (Phi) is 6.86. The van der Waals surface area contributed by atoms with Crippen molar-refractivity contribution in [2.24, 2.45) is 5.84 Å². The lowest BCUT2D eigenvalue weighted by Crippen LogP contribution is -2.37. The lowest BCUT2D eigenvalue weighted by molar-refractivity contribution is 0.140. The molecular weight excluding hydrogens is 231 g/mol. The van der Waals surface area contributed by atoms with E-state index in [1.165, 1.54) is 6.07 Å². The average Bonchev–Trinajstić information content (AvgIpc) is 2.35. The van der Waals surface area contributed by atoms with Crippen LogP contribution in [0.2, 0.25) is 0 Å². The van der Waals surface area contributed by atoms with Gasteiger partial charge in [-0.2, -0.15) is 0 Å². The van der Waals surface area contributed by atoms with E-state index in [9.17, 15) is 4.39 Å². The highest BCUT2D eigenvalue weighted by atomic mass is 19.1. The van der Waals surface area contributed by atoms with Crippen molar-refractivity contribution in [3.8, 4) is 0 Å². The highest BCUT2D eigenvalue weighted by Gasteiger charge is 2.09. The number of nitrogens with one attached hydrogen (secondary N) is 1. The molecule has 0 radical (unpaired) electrons. The van der Waals surface area contributed by atoms with E-state index >= 15 is 0 Å². The topological polar surface area (TPSA) is 47.3 Å². The zero-order valence-corrected chi connectivity index (χ0v) is 11.2. The van der Waals surface area contributed by atoms with Gasteiger partial charge in [0.2, 0.25) is 0 Å². The molecule has 0 spiro atoms. The summed E-state index contributed by atoms with van der Waals surface area (Å²) in [5, 5.41) is 0. The Morgan fingerprint density at radius 3 is 2.83 bits per heavy atom. The SMILES string of the molecule is CCOCCCC(Cc1ccc(F)cc1C)NN. The van der Waals surface area contributed by atoms with Crippen molar-refractivity contribution in [2.75, 3.05) is 13.2 Å². The van der Waals surface area contributed by atoms with Crippen LogP contribution in [0.1, 0.15) is 30.9 Å². The molecule has 0 fully saturated rings. The molecule has 1 aromatic carbocycles. The van der Waals surface area contributed by atoms with Gasteiger partial charge in [0.25, 0.3) is 0 Å². The van der Waals surface area contributed by atoms with Crippen LogP contribution in [0, 0.1) is 12.7 Å². The molecule has 0 amide bonds. The monoisotopic (exact) mass is 254 g/mol. The number of aryl methyl sites for hydroxylation is 1. The molecule has 4 heteroatoms. The molecule has 3 nitrogen and oxygen atoms in total. The maximum Gasteiger partial charge on any atom is 0.123 e. The summed E-state index contributed by atoms with van der Waals surface area (Å²) in [6.45, 7) is 5.42. The van der Waals surface area contributed by atoms with Crippen LogP contribution in [0.4, 0.5) is 4.39 Å². The summed E-state index contributed by atoms with van der Waals surface area (Å²) in [7, 11) is 0. The highest BCUT2D eigenvalue weighted by molar-refractivity contribution is 5.27. The van der Waals surface area contributed by atoms with Gasteiger partial charge < -0.3 is 4.74 Å². The van der Waals surface area contributed by atoms with Crippen molar-refractivity contribution in [3.05, 3.63) is 35.1 Å². The quantitative estimate of drug-likeness (QED) is 0.425. The van der Waals surface area contributed by atoms with Crippen molar-refractivity contribution in [1.82, 2.24) is 5.43 Å². The van der Waals surface area contributed by atoms with Gasteiger partial charge in [0.15, 0.2) is 0 Å². The number of halogens is 1. The normalized spacial score (nSPS) is 12.7. The molecule has 0 bridgehead atoms. The van der Waals surface area contributed by atoms with Gasteiger partial charge in [0.1, 0.15) is 5.82 Å². The molecule has 0 aliphatic carbocycles. The molecule has 3 N–H and O–H groups in total. The molecule has 1 atom stereocenters. The summed E-state index contributed by atoms with van der Waals surface area (Å²) in [5.41, 5.74) is 4.93. The second-order valence-corrected chi connectivity index (χ2v) is 4.48. The lowest BCUT2D eigenvalue weighted by atomic mass is 9.98. The number of ether oxygens (including phenoxy) is 1. The van der Waals surface area contributed by atoms with Crippen molar-refractivity contribution < 1.29 is 9.13 Å². The van der Waals surface area contributed by atoms with E-state index in [4.69, 9.17) is 10.6 Å². The van der Waals surface area contributed by atoms with E-state index in [1.807, 2.05) is 19.9 Å². The summed E-state index contributed by atoms with van der Waals surface area (Å²) >= 11 is 0. The Hall–Kier alpha value is -0.970. The van der Waals surface area contributed by atoms with Gasteiger partial charge in [-0.15, -0.1) is 0 Å². The molecule has 102 valence electrons. The minimum atomic E-state index is -0.190. The summed E-state index contributed by atoms with van der Waals surface area (Å²) in [6, 6.07) is 5.09. The van der Waals surface area contributed by atoms with Crippen LogP contribution in [0.5, 0.6) is 0 Å².